The Morgan fingerprint density at radius 3 is 2.50 bits per heavy atom. The van der Waals surface area contributed by atoms with Crippen molar-refractivity contribution in [2.75, 3.05) is 0 Å². The molecule has 3 aromatic carbocycles. The summed E-state index contributed by atoms with van der Waals surface area (Å²) in [6.07, 6.45) is 0. The summed E-state index contributed by atoms with van der Waals surface area (Å²) in [5, 5.41) is 0. The predicted octanol–water partition coefficient (Wildman–Crippen LogP) is 4.57. The van der Waals surface area contributed by atoms with E-state index in [1.165, 1.54) is 27.8 Å². The first-order chi connectivity index (χ1) is 11.7. The predicted molar refractivity (Wildman–Crippen MR) is 97.7 cm³/mol. The van der Waals surface area contributed by atoms with Crippen molar-refractivity contribution in [2.24, 2.45) is 5.73 Å². The number of rotatable bonds is 1. The zero-order valence-corrected chi connectivity index (χ0v) is 13.4. The number of imidazole rings is 1. The molecule has 0 bridgehead atoms. The van der Waals surface area contributed by atoms with Gasteiger partial charge in [0.05, 0.1) is 17.1 Å². The van der Waals surface area contributed by atoms with Crippen LogP contribution in [0.15, 0.2) is 60.7 Å². The second-order valence-corrected chi connectivity index (χ2v) is 6.39. The first-order valence-corrected chi connectivity index (χ1v) is 8.17. The number of para-hydroxylation sites is 1. The Morgan fingerprint density at radius 2 is 1.62 bits per heavy atom. The number of fused-ring (bicyclic) bond motifs is 4. The van der Waals surface area contributed by atoms with Gasteiger partial charge in [0.25, 0.3) is 0 Å². The van der Waals surface area contributed by atoms with Crippen LogP contribution in [0.2, 0.25) is 0 Å². The number of aryl methyl sites for hydroxylation is 1. The van der Waals surface area contributed by atoms with Crippen LogP contribution >= 0.6 is 0 Å². The summed E-state index contributed by atoms with van der Waals surface area (Å²) in [6, 6.07) is 20.9. The molecule has 1 aliphatic rings. The van der Waals surface area contributed by atoms with Crippen molar-refractivity contribution in [3.05, 3.63) is 77.4 Å². The second-order valence-electron chi connectivity index (χ2n) is 6.39. The largest absolute Gasteiger partial charge is 0.338 e. The fourth-order valence-electron chi connectivity index (χ4n) is 3.79. The Hall–Kier alpha value is -2.91. The van der Waals surface area contributed by atoms with Gasteiger partial charge in [0.1, 0.15) is 5.82 Å². The molecule has 0 unspecified atom stereocenters. The molecule has 1 atom stereocenters. The van der Waals surface area contributed by atoms with Gasteiger partial charge in [-0.2, -0.15) is 0 Å². The van der Waals surface area contributed by atoms with E-state index in [-0.39, 0.29) is 6.04 Å². The van der Waals surface area contributed by atoms with Gasteiger partial charge in [0.2, 0.25) is 0 Å². The topological polar surface area (TPSA) is 54.7 Å². The summed E-state index contributed by atoms with van der Waals surface area (Å²) in [7, 11) is 0. The average molecular weight is 311 g/mol. The zero-order chi connectivity index (χ0) is 16.3. The molecule has 5 rings (SSSR count). The Labute approximate surface area is 140 Å². The van der Waals surface area contributed by atoms with Crippen LogP contribution in [0.4, 0.5) is 0 Å². The second kappa shape index (κ2) is 4.79. The number of nitrogens with two attached hydrogens (primary N) is 1. The number of aromatic nitrogens is 2. The Bertz CT molecular complexity index is 1090. The van der Waals surface area contributed by atoms with E-state index < -0.39 is 0 Å². The molecular formula is C21H17N3. The van der Waals surface area contributed by atoms with Crippen molar-refractivity contribution in [2.45, 2.75) is 13.0 Å². The van der Waals surface area contributed by atoms with Crippen molar-refractivity contribution >= 4 is 11.0 Å². The number of hydrogen-bond donors (Lipinski definition) is 2. The van der Waals surface area contributed by atoms with Crippen molar-refractivity contribution in [3.63, 3.8) is 0 Å². The number of aromatic amines is 1. The van der Waals surface area contributed by atoms with Crippen LogP contribution in [-0.2, 0) is 0 Å². The third-order valence-electron chi connectivity index (χ3n) is 4.97. The zero-order valence-electron chi connectivity index (χ0n) is 13.4. The van der Waals surface area contributed by atoms with Crippen LogP contribution < -0.4 is 5.73 Å². The Kier molecular flexibility index (Phi) is 2.70. The molecule has 3 N–H and O–H groups in total. The van der Waals surface area contributed by atoms with Gasteiger partial charge < -0.3 is 10.7 Å². The Morgan fingerprint density at radius 1 is 0.875 bits per heavy atom. The molecule has 0 radical (unpaired) electrons. The number of H-pyrrole nitrogens is 1. The van der Waals surface area contributed by atoms with Crippen molar-refractivity contribution in [1.29, 1.82) is 0 Å². The molecule has 116 valence electrons. The molecule has 0 fully saturated rings. The fraction of sp³-hybridized carbons (Fsp3) is 0.0952. The molecule has 0 saturated heterocycles. The van der Waals surface area contributed by atoms with Gasteiger partial charge in [0, 0.05) is 5.56 Å². The summed E-state index contributed by atoms with van der Waals surface area (Å²) in [5.74, 6) is 0.903. The molecule has 1 aromatic heterocycles. The molecule has 0 amide bonds. The summed E-state index contributed by atoms with van der Waals surface area (Å²) < 4.78 is 0. The molecule has 4 aromatic rings. The number of benzene rings is 3. The van der Waals surface area contributed by atoms with Gasteiger partial charge in [-0.05, 0) is 40.8 Å². The minimum atomic E-state index is -0.0673. The maximum Gasteiger partial charge on any atom is 0.139 e. The smallest absolute Gasteiger partial charge is 0.139 e. The van der Waals surface area contributed by atoms with Crippen LogP contribution in [0.1, 0.15) is 22.7 Å². The van der Waals surface area contributed by atoms with E-state index in [0.717, 1.165) is 22.4 Å². The van der Waals surface area contributed by atoms with Crippen molar-refractivity contribution in [1.82, 2.24) is 9.97 Å². The number of hydrogen-bond acceptors (Lipinski definition) is 2. The average Bonchev–Trinajstić information content (AvgIpc) is 3.17. The highest BCUT2D eigenvalue weighted by Gasteiger charge is 2.28. The van der Waals surface area contributed by atoms with E-state index in [0.29, 0.717) is 0 Å². The van der Waals surface area contributed by atoms with Crippen LogP contribution in [0.25, 0.3) is 33.5 Å². The van der Waals surface area contributed by atoms with Crippen molar-refractivity contribution in [3.8, 4) is 22.5 Å². The van der Waals surface area contributed by atoms with Crippen LogP contribution in [0, 0.1) is 6.92 Å². The normalized spacial score (nSPS) is 15.5. The highest BCUT2D eigenvalue weighted by Crippen LogP contribution is 2.46. The molecule has 0 spiro atoms. The van der Waals surface area contributed by atoms with E-state index >= 15 is 0 Å². The monoisotopic (exact) mass is 311 g/mol. The molecule has 1 aliphatic carbocycles. The standard InChI is InChI=1S/C21H17N3/c1-12-6-4-11-17-20(12)24-21(23-17)16-10-5-9-15-18(16)13-7-2-3-8-14(13)19(15)22/h2-11,19H,22H2,1H3,(H,23,24)/t19-/m1/s1. The molecule has 0 saturated carbocycles. The highest BCUT2D eigenvalue weighted by atomic mass is 14.9. The highest BCUT2D eigenvalue weighted by molar-refractivity contribution is 5.92. The number of nitrogens with zero attached hydrogens (tertiary/aromatic N) is 1. The molecule has 3 heteroatoms. The molecule has 3 nitrogen and oxygen atoms in total. The lowest BCUT2D eigenvalue weighted by Gasteiger charge is -2.08. The molecule has 1 heterocycles. The lowest BCUT2D eigenvalue weighted by Crippen LogP contribution is -2.07. The lowest BCUT2D eigenvalue weighted by atomic mass is 9.99. The van der Waals surface area contributed by atoms with Gasteiger partial charge in [-0.15, -0.1) is 0 Å². The quantitative estimate of drug-likeness (QED) is 0.541. The van der Waals surface area contributed by atoms with E-state index in [1.54, 1.807) is 0 Å². The maximum absolute atomic E-state index is 6.47. The minimum absolute atomic E-state index is 0.0673. The van der Waals surface area contributed by atoms with Crippen LogP contribution in [0.5, 0.6) is 0 Å². The fourth-order valence-corrected chi connectivity index (χ4v) is 3.79. The van der Waals surface area contributed by atoms with Crippen molar-refractivity contribution < 1.29 is 0 Å². The first-order valence-electron chi connectivity index (χ1n) is 8.17. The molecule has 24 heavy (non-hydrogen) atoms. The summed E-state index contributed by atoms with van der Waals surface area (Å²) in [5.41, 5.74) is 15.6. The summed E-state index contributed by atoms with van der Waals surface area (Å²) >= 11 is 0. The van der Waals surface area contributed by atoms with Gasteiger partial charge in [-0.25, -0.2) is 4.98 Å². The van der Waals surface area contributed by atoms with E-state index in [2.05, 4.69) is 72.6 Å². The van der Waals surface area contributed by atoms with Gasteiger partial charge in [-0.1, -0.05) is 54.6 Å². The first kappa shape index (κ1) is 13.5. The van der Waals surface area contributed by atoms with E-state index in [9.17, 15) is 0 Å². The SMILES string of the molecule is Cc1cccc2[nH]c(-c3cccc4c3-c3ccccc3[C@H]4N)nc12. The van der Waals surface area contributed by atoms with E-state index in [1.807, 2.05) is 0 Å². The lowest BCUT2D eigenvalue weighted by molar-refractivity contribution is 0.901. The Balaban J connectivity index is 1.81. The third-order valence-corrected chi connectivity index (χ3v) is 4.97. The van der Waals surface area contributed by atoms with Crippen LogP contribution in [0.3, 0.4) is 0 Å². The third kappa shape index (κ3) is 1.73. The maximum atomic E-state index is 6.47. The van der Waals surface area contributed by atoms with Gasteiger partial charge in [0.15, 0.2) is 0 Å². The molecular weight excluding hydrogens is 294 g/mol. The molecule has 0 aliphatic heterocycles. The number of nitrogens with one attached hydrogen (secondary N) is 1. The van der Waals surface area contributed by atoms with Gasteiger partial charge in [-0.3, -0.25) is 0 Å². The van der Waals surface area contributed by atoms with Crippen LogP contribution in [-0.4, -0.2) is 9.97 Å². The minimum Gasteiger partial charge on any atom is -0.338 e. The van der Waals surface area contributed by atoms with Gasteiger partial charge >= 0.3 is 0 Å². The summed E-state index contributed by atoms with van der Waals surface area (Å²) in [6.45, 7) is 2.09. The van der Waals surface area contributed by atoms with E-state index in [4.69, 9.17) is 10.7 Å². The summed E-state index contributed by atoms with van der Waals surface area (Å²) in [4.78, 5) is 8.34.